The van der Waals surface area contributed by atoms with Crippen molar-refractivity contribution in [2.75, 3.05) is 30.4 Å². The van der Waals surface area contributed by atoms with Crippen LogP contribution in [0.4, 0.5) is 11.4 Å². The zero-order valence-corrected chi connectivity index (χ0v) is 15.0. The van der Waals surface area contributed by atoms with Gasteiger partial charge in [-0.2, -0.15) is 0 Å². The van der Waals surface area contributed by atoms with Crippen molar-refractivity contribution in [2.45, 2.75) is 0 Å². The monoisotopic (exact) mass is 395 g/mol. The van der Waals surface area contributed by atoms with E-state index < -0.39 is 5.91 Å². The Morgan fingerprint density at radius 1 is 1.04 bits per heavy atom. The van der Waals surface area contributed by atoms with E-state index in [-0.39, 0.29) is 18.0 Å². The molecule has 2 aromatic rings. The maximum absolute atomic E-state index is 12.2. The van der Waals surface area contributed by atoms with E-state index in [0.29, 0.717) is 46.1 Å². The fourth-order valence-corrected chi connectivity index (χ4v) is 2.78. The van der Waals surface area contributed by atoms with Crippen LogP contribution >= 0.6 is 23.2 Å². The largest absolute Gasteiger partial charge is 0.486 e. The van der Waals surface area contributed by atoms with Crippen molar-refractivity contribution in [2.24, 2.45) is 5.73 Å². The quantitative estimate of drug-likeness (QED) is 0.721. The van der Waals surface area contributed by atoms with Crippen molar-refractivity contribution in [1.29, 1.82) is 0 Å². The van der Waals surface area contributed by atoms with E-state index in [1.54, 1.807) is 24.3 Å². The topological polar surface area (TPSA) is 103 Å². The highest BCUT2D eigenvalue weighted by molar-refractivity contribution is 6.34. The smallest absolute Gasteiger partial charge is 0.250 e. The summed E-state index contributed by atoms with van der Waals surface area (Å²) in [6.07, 6.45) is 0. The molecule has 0 radical (unpaired) electrons. The maximum Gasteiger partial charge on any atom is 0.250 e. The zero-order chi connectivity index (χ0) is 18.7. The van der Waals surface area contributed by atoms with E-state index in [1.165, 1.54) is 6.07 Å². The molecular formula is C17H15Cl2N3O4. The van der Waals surface area contributed by atoms with Crippen LogP contribution in [0, 0.1) is 0 Å². The fraction of sp³-hybridized carbons (Fsp3) is 0.176. The number of hydrogen-bond donors (Lipinski definition) is 3. The first kappa shape index (κ1) is 18.2. The third kappa shape index (κ3) is 4.12. The number of rotatable bonds is 5. The average Bonchev–Trinajstić information content (AvgIpc) is 2.61. The third-order valence-corrected chi connectivity index (χ3v) is 4.14. The number of halogens is 2. The van der Waals surface area contributed by atoms with Gasteiger partial charge in [0.05, 0.1) is 22.8 Å². The summed E-state index contributed by atoms with van der Waals surface area (Å²) in [6.45, 7) is 0.769. The van der Waals surface area contributed by atoms with Gasteiger partial charge in [-0.05, 0) is 18.2 Å². The lowest BCUT2D eigenvalue weighted by molar-refractivity contribution is -0.114. The zero-order valence-electron chi connectivity index (χ0n) is 13.5. The molecule has 4 N–H and O–H groups in total. The number of anilines is 2. The van der Waals surface area contributed by atoms with Gasteiger partial charge in [0.15, 0.2) is 11.5 Å². The lowest BCUT2D eigenvalue weighted by atomic mass is 10.1. The number of carbonyl (C=O) groups excluding carboxylic acids is 2. The Kier molecular flexibility index (Phi) is 5.39. The number of fused-ring (bicyclic) bond motifs is 1. The van der Waals surface area contributed by atoms with Gasteiger partial charge in [-0.1, -0.05) is 23.2 Å². The van der Waals surface area contributed by atoms with Crippen molar-refractivity contribution >= 4 is 46.4 Å². The molecule has 0 bridgehead atoms. The highest BCUT2D eigenvalue weighted by Crippen LogP contribution is 2.37. The molecule has 0 atom stereocenters. The summed E-state index contributed by atoms with van der Waals surface area (Å²) in [4.78, 5) is 23.7. The molecule has 1 heterocycles. The molecule has 136 valence electrons. The van der Waals surface area contributed by atoms with Gasteiger partial charge in [-0.15, -0.1) is 0 Å². The minimum Gasteiger partial charge on any atom is -0.486 e. The highest BCUT2D eigenvalue weighted by Gasteiger charge is 2.17. The Morgan fingerprint density at radius 3 is 2.42 bits per heavy atom. The predicted molar refractivity (Wildman–Crippen MR) is 99.5 cm³/mol. The molecule has 9 heteroatoms. The second-order valence-corrected chi connectivity index (χ2v) is 6.28. The molecule has 7 nitrogen and oxygen atoms in total. The van der Waals surface area contributed by atoms with Crippen LogP contribution in [-0.4, -0.2) is 31.6 Å². The first-order valence-corrected chi connectivity index (χ1v) is 8.42. The molecule has 0 spiro atoms. The highest BCUT2D eigenvalue weighted by atomic mass is 35.5. The number of ether oxygens (including phenoxy) is 2. The lowest BCUT2D eigenvalue weighted by Crippen LogP contribution is -2.24. The van der Waals surface area contributed by atoms with Crippen molar-refractivity contribution < 1.29 is 19.1 Å². The summed E-state index contributed by atoms with van der Waals surface area (Å²) in [5.41, 5.74) is 6.32. The first-order valence-electron chi connectivity index (χ1n) is 7.66. The minimum atomic E-state index is -0.648. The Balaban J connectivity index is 1.68. The molecule has 1 aliphatic heterocycles. The van der Waals surface area contributed by atoms with Crippen LogP contribution < -0.4 is 25.8 Å². The van der Waals surface area contributed by atoms with Crippen LogP contribution in [0.5, 0.6) is 11.5 Å². The first-order chi connectivity index (χ1) is 12.4. The number of amides is 2. The SMILES string of the molecule is NC(=O)c1cc(Cl)ccc1NCC(=O)Nc1cc2c(cc1Cl)OCCO2. The second kappa shape index (κ2) is 7.72. The number of carbonyl (C=O) groups is 2. The summed E-state index contributed by atoms with van der Waals surface area (Å²) in [5, 5.41) is 6.23. The molecule has 0 fully saturated rings. The van der Waals surface area contributed by atoms with Crippen molar-refractivity contribution in [1.82, 2.24) is 0 Å². The van der Waals surface area contributed by atoms with Crippen LogP contribution in [0.2, 0.25) is 10.0 Å². The lowest BCUT2D eigenvalue weighted by Gasteiger charge is -2.20. The molecule has 2 amide bonds. The molecule has 0 unspecified atom stereocenters. The van der Waals surface area contributed by atoms with Crippen LogP contribution in [0.3, 0.4) is 0 Å². The van der Waals surface area contributed by atoms with Crippen LogP contribution in [-0.2, 0) is 4.79 Å². The average molecular weight is 396 g/mol. The Hall–Kier alpha value is -2.64. The second-order valence-electron chi connectivity index (χ2n) is 5.43. The van der Waals surface area contributed by atoms with Gasteiger partial charge in [-0.25, -0.2) is 0 Å². The summed E-state index contributed by atoms with van der Waals surface area (Å²) in [5.74, 6) is 0.0292. The van der Waals surface area contributed by atoms with E-state index in [4.69, 9.17) is 38.4 Å². The summed E-state index contributed by atoms with van der Waals surface area (Å²) >= 11 is 12.0. The molecule has 3 rings (SSSR count). The van der Waals surface area contributed by atoms with E-state index in [0.717, 1.165) is 0 Å². The minimum absolute atomic E-state index is 0.104. The Bertz CT molecular complexity index is 873. The maximum atomic E-state index is 12.2. The molecular weight excluding hydrogens is 381 g/mol. The third-order valence-electron chi connectivity index (χ3n) is 3.59. The number of benzene rings is 2. The van der Waals surface area contributed by atoms with Gasteiger partial charge in [0.25, 0.3) is 5.91 Å². The van der Waals surface area contributed by atoms with Gasteiger partial charge < -0.3 is 25.8 Å². The van der Waals surface area contributed by atoms with Gasteiger partial charge in [0.2, 0.25) is 5.91 Å². The molecule has 2 aromatic carbocycles. The van der Waals surface area contributed by atoms with Crippen LogP contribution in [0.1, 0.15) is 10.4 Å². The van der Waals surface area contributed by atoms with E-state index in [1.807, 2.05) is 0 Å². The molecule has 26 heavy (non-hydrogen) atoms. The van der Waals surface area contributed by atoms with E-state index in [9.17, 15) is 9.59 Å². The number of nitrogens with two attached hydrogens (primary N) is 1. The number of primary amides is 1. The molecule has 1 aliphatic rings. The number of nitrogens with one attached hydrogen (secondary N) is 2. The Labute approximate surface area is 159 Å². The van der Waals surface area contributed by atoms with Crippen molar-refractivity contribution in [3.05, 3.63) is 45.9 Å². The van der Waals surface area contributed by atoms with Crippen molar-refractivity contribution in [3.8, 4) is 11.5 Å². The standard InChI is InChI=1S/C17H15Cl2N3O4/c18-9-1-2-12(10(5-9)17(20)24)21-8-16(23)22-13-7-15-14(6-11(13)19)25-3-4-26-15/h1-2,5-7,21H,3-4,8H2,(H2,20,24)(H,22,23). The van der Waals surface area contributed by atoms with Gasteiger partial charge in [0.1, 0.15) is 13.2 Å². The van der Waals surface area contributed by atoms with Gasteiger partial charge in [0, 0.05) is 22.8 Å². The number of hydrogen-bond acceptors (Lipinski definition) is 5. The normalized spacial score (nSPS) is 12.4. The summed E-state index contributed by atoms with van der Waals surface area (Å²) < 4.78 is 10.9. The van der Waals surface area contributed by atoms with E-state index in [2.05, 4.69) is 10.6 Å². The van der Waals surface area contributed by atoms with Gasteiger partial charge in [-0.3, -0.25) is 9.59 Å². The molecule has 0 saturated carbocycles. The molecule has 0 saturated heterocycles. The predicted octanol–water partition coefficient (Wildman–Crippen LogP) is 2.91. The van der Waals surface area contributed by atoms with E-state index >= 15 is 0 Å². The summed E-state index contributed by atoms with van der Waals surface area (Å²) in [7, 11) is 0. The molecule has 0 aliphatic carbocycles. The van der Waals surface area contributed by atoms with Crippen molar-refractivity contribution in [3.63, 3.8) is 0 Å². The van der Waals surface area contributed by atoms with Crippen LogP contribution in [0.25, 0.3) is 0 Å². The Morgan fingerprint density at radius 2 is 1.73 bits per heavy atom. The van der Waals surface area contributed by atoms with Crippen LogP contribution in [0.15, 0.2) is 30.3 Å². The fourth-order valence-electron chi connectivity index (χ4n) is 2.40. The van der Waals surface area contributed by atoms with Gasteiger partial charge >= 0.3 is 0 Å². The summed E-state index contributed by atoms with van der Waals surface area (Å²) in [6, 6.07) is 7.79. The molecule has 0 aromatic heterocycles.